The lowest BCUT2D eigenvalue weighted by Gasteiger charge is -2.19. The molecule has 2 rings (SSSR count). The van der Waals surface area contributed by atoms with Crippen molar-refractivity contribution in [2.75, 3.05) is 25.5 Å². The molecule has 0 radical (unpaired) electrons. The number of hydrogen-bond acceptors (Lipinski definition) is 4. The molecular weight excluding hydrogens is 266 g/mol. The second-order valence-corrected chi connectivity index (χ2v) is 6.10. The van der Waals surface area contributed by atoms with Crippen LogP contribution in [0.25, 0.3) is 0 Å². The maximum atomic E-state index is 4.41. The van der Waals surface area contributed by atoms with Crippen LogP contribution in [0.15, 0.2) is 35.8 Å². The highest BCUT2D eigenvalue weighted by Crippen LogP contribution is 2.22. The molecule has 0 spiro atoms. The highest BCUT2D eigenvalue weighted by atomic mass is 32.1. The summed E-state index contributed by atoms with van der Waals surface area (Å²) >= 11 is 1.73. The van der Waals surface area contributed by atoms with E-state index in [0.29, 0.717) is 6.04 Å². The molecule has 0 bridgehead atoms. The predicted octanol–water partition coefficient (Wildman–Crippen LogP) is 3.49. The average Bonchev–Trinajstić information content (AvgIpc) is 2.96. The lowest BCUT2D eigenvalue weighted by molar-refractivity contribution is 0.528. The standard InChI is InChI=1S/C16H23N3S/c1-4-9-17-15(12-16-18-10-11-20-16)13-5-7-14(8-6-13)19(2)3/h5-8,10-11,15,17H,4,9,12H2,1-3H3. The van der Waals surface area contributed by atoms with Crippen LogP contribution in [0.1, 0.15) is 30.0 Å². The Hall–Kier alpha value is -1.39. The topological polar surface area (TPSA) is 28.2 Å². The molecule has 0 fully saturated rings. The SMILES string of the molecule is CCCNC(Cc1nccs1)c1ccc(N(C)C)cc1. The van der Waals surface area contributed by atoms with Crippen molar-refractivity contribution in [3.8, 4) is 0 Å². The summed E-state index contributed by atoms with van der Waals surface area (Å²) in [5, 5.41) is 6.86. The number of benzene rings is 1. The van der Waals surface area contributed by atoms with Gasteiger partial charge in [0.25, 0.3) is 0 Å². The third-order valence-corrected chi connectivity index (χ3v) is 4.12. The molecule has 1 aromatic heterocycles. The molecule has 0 aliphatic carbocycles. The van der Waals surface area contributed by atoms with Gasteiger partial charge in [0, 0.05) is 43.8 Å². The van der Waals surface area contributed by atoms with Gasteiger partial charge in [-0.1, -0.05) is 19.1 Å². The van der Waals surface area contributed by atoms with Crippen molar-refractivity contribution in [1.82, 2.24) is 10.3 Å². The molecule has 0 aliphatic heterocycles. The molecule has 1 heterocycles. The minimum Gasteiger partial charge on any atom is -0.378 e. The highest BCUT2D eigenvalue weighted by molar-refractivity contribution is 7.09. The zero-order chi connectivity index (χ0) is 14.4. The maximum absolute atomic E-state index is 4.41. The largest absolute Gasteiger partial charge is 0.378 e. The molecule has 108 valence electrons. The third-order valence-electron chi connectivity index (χ3n) is 3.31. The van der Waals surface area contributed by atoms with Crippen LogP contribution in [0, 0.1) is 0 Å². The first-order valence-electron chi connectivity index (χ1n) is 7.09. The third kappa shape index (κ3) is 4.05. The van der Waals surface area contributed by atoms with Crippen LogP contribution in [0.5, 0.6) is 0 Å². The van der Waals surface area contributed by atoms with Crippen LogP contribution in [0.4, 0.5) is 5.69 Å². The van der Waals surface area contributed by atoms with E-state index in [1.165, 1.54) is 16.3 Å². The summed E-state index contributed by atoms with van der Waals surface area (Å²) in [6, 6.07) is 9.14. The normalized spacial score (nSPS) is 12.3. The molecule has 0 aliphatic rings. The predicted molar refractivity (Wildman–Crippen MR) is 87.6 cm³/mol. The summed E-state index contributed by atoms with van der Waals surface area (Å²) in [6.45, 7) is 3.23. The summed E-state index contributed by atoms with van der Waals surface area (Å²) < 4.78 is 0. The number of nitrogens with zero attached hydrogens (tertiary/aromatic N) is 2. The molecule has 4 heteroatoms. The van der Waals surface area contributed by atoms with Crippen LogP contribution in [0.2, 0.25) is 0 Å². The van der Waals surface area contributed by atoms with Crippen LogP contribution in [-0.4, -0.2) is 25.6 Å². The first kappa shape index (κ1) is 15.0. The average molecular weight is 289 g/mol. The van der Waals surface area contributed by atoms with Gasteiger partial charge in [0.1, 0.15) is 0 Å². The Kier molecular flexibility index (Phi) is 5.56. The van der Waals surface area contributed by atoms with Crippen molar-refractivity contribution in [1.29, 1.82) is 0 Å². The second-order valence-electron chi connectivity index (χ2n) is 5.12. The summed E-state index contributed by atoms with van der Waals surface area (Å²) in [4.78, 5) is 6.53. The number of rotatable bonds is 7. The zero-order valence-corrected chi connectivity index (χ0v) is 13.3. The number of thiazole rings is 1. The summed E-state index contributed by atoms with van der Waals surface area (Å²) in [5.41, 5.74) is 2.57. The smallest absolute Gasteiger partial charge is 0.0943 e. The van der Waals surface area contributed by atoms with E-state index in [2.05, 4.69) is 60.5 Å². The van der Waals surface area contributed by atoms with E-state index < -0.39 is 0 Å². The van der Waals surface area contributed by atoms with Gasteiger partial charge in [-0.25, -0.2) is 4.98 Å². The summed E-state index contributed by atoms with van der Waals surface area (Å²) in [5.74, 6) is 0. The number of aromatic nitrogens is 1. The fraction of sp³-hybridized carbons (Fsp3) is 0.438. The van der Waals surface area contributed by atoms with Crippen molar-refractivity contribution < 1.29 is 0 Å². The Bertz CT molecular complexity index is 491. The van der Waals surface area contributed by atoms with Gasteiger partial charge in [-0.2, -0.15) is 0 Å². The van der Waals surface area contributed by atoms with Gasteiger partial charge in [-0.05, 0) is 30.7 Å². The molecule has 0 amide bonds. The first-order chi connectivity index (χ1) is 9.70. The lowest BCUT2D eigenvalue weighted by Crippen LogP contribution is -2.24. The number of anilines is 1. The molecular formula is C16H23N3S. The molecule has 3 nitrogen and oxygen atoms in total. The Morgan fingerprint density at radius 1 is 1.25 bits per heavy atom. The van der Waals surface area contributed by atoms with Gasteiger partial charge in [-0.3, -0.25) is 0 Å². The van der Waals surface area contributed by atoms with Crippen LogP contribution < -0.4 is 10.2 Å². The fourth-order valence-electron chi connectivity index (χ4n) is 2.16. The van der Waals surface area contributed by atoms with Crippen molar-refractivity contribution >= 4 is 17.0 Å². The minimum atomic E-state index is 0.345. The molecule has 1 atom stereocenters. The van der Waals surface area contributed by atoms with E-state index in [-0.39, 0.29) is 0 Å². The Morgan fingerprint density at radius 2 is 2.00 bits per heavy atom. The van der Waals surface area contributed by atoms with Crippen LogP contribution in [-0.2, 0) is 6.42 Å². The zero-order valence-electron chi connectivity index (χ0n) is 12.5. The molecule has 1 N–H and O–H groups in total. The fourth-order valence-corrected chi connectivity index (χ4v) is 2.82. The van der Waals surface area contributed by atoms with Crippen molar-refractivity contribution in [3.63, 3.8) is 0 Å². The number of hydrogen-bond donors (Lipinski definition) is 1. The van der Waals surface area contributed by atoms with Crippen molar-refractivity contribution in [2.45, 2.75) is 25.8 Å². The summed E-state index contributed by atoms with van der Waals surface area (Å²) in [7, 11) is 4.13. The van der Waals surface area contributed by atoms with Crippen LogP contribution in [0.3, 0.4) is 0 Å². The molecule has 0 saturated heterocycles. The first-order valence-corrected chi connectivity index (χ1v) is 7.97. The Labute approximate surface area is 125 Å². The van der Waals surface area contributed by atoms with E-state index >= 15 is 0 Å². The maximum Gasteiger partial charge on any atom is 0.0943 e. The Balaban J connectivity index is 2.12. The second kappa shape index (κ2) is 7.41. The van der Waals surface area contributed by atoms with Gasteiger partial charge in [0.2, 0.25) is 0 Å². The van der Waals surface area contributed by atoms with E-state index in [0.717, 1.165) is 19.4 Å². The van der Waals surface area contributed by atoms with E-state index in [1.54, 1.807) is 11.3 Å². The lowest BCUT2D eigenvalue weighted by atomic mass is 10.0. The number of nitrogens with one attached hydrogen (secondary N) is 1. The van der Waals surface area contributed by atoms with Crippen molar-refractivity contribution in [3.05, 3.63) is 46.4 Å². The summed E-state index contributed by atoms with van der Waals surface area (Å²) in [6.07, 6.45) is 3.98. The Morgan fingerprint density at radius 3 is 2.55 bits per heavy atom. The van der Waals surface area contributed by atoms with Gasteiger partial charge >= 0.3 is 0 Å². The van der Waals surface area contributed by atoms with E-state index in [4.69, 9.17) is 0 Å². The minimum absolute atomic E-state index is 0.345. The quantitative estimate of drug-likeness (QED) is 0.845. The monoisotopic (exact) mass is 289 g/mol. The van der Waals surface area contributed by atoms with Gasteiger partial charge in [-0.15, -0.1) is 11.3 Å². The van der Waals surface area contributed by atoms with E-state index in [1.807, 2.05) is 11.6 Å². The molecule has 1 unspecified atom stereocenters. The molecule has 0 saturated carbocycles. The molecule has 2 aromatic rings. The molecule has 1 aromatic carbocycles. The molecule has 20 heavy (non-hydrogen) atoms. The van der Waals surface area contributed by atoms with E-state index in [9.17, 15) is 0 Å². The van der Waals surface area contributed by atoms with Crippen LogP contribution >= 0.6 is 11.3 Å². The van der Waals surface area contributed by atoms with Gasteiger partial charge < -0.3 is 10.2 Å². The van der Waals surface area contributed by atoms with Gasteiger partial charge in [0.15, 0.2) is 0 Å². The van der Waals surface area contributed by atoms with Crippen molar-refractivity contribution in [2.24, 2.45) is 0 Å². The van der Waals surface area contributed by atoms with Gasteiger partial charge in [0.05, 0.1) is 5.01 Å². The highest BCUT2D eigenvalue weighted by Gasteiger charge is 2.13.